The number of piperidine rings is 1. The summed E-state index contributed by atoms with van der Waals surface area (Å²) in [6.45, 7) is 6.96. The van der Waals surface area contributed by atoms with Gasteiger partial charge in [0, 0.05) is 19.0 Å². The van der Waals surface area contributed by atoms with Crippen molar-refractivity contribution in [1.82, 2.24) is 10.2 Å². The summed E-state index contributed by atoms with van der Waals surface area (Å²) in [5.41, 5.74) is -0.694. The molecule has 3 fully saturated rings. The first-order valence-electron chi connectivity index (χ1n) is 8.56. The van der Waals surface area contributed by atoms with Crippen LogP contribution in [-0.4, -0.2) is 41.1 Å². The summed E-state index contributed by atoms with van der Waals surface area (Å²) in [5, 5.41) is 3.21. The van der Waals surface area contributed by atoms with Crippen LogP contribution in [0.1, 0.15) is 59.3 Å². The van der Waals surface area contributed by atoms with Crippen molar-refractivity contribution in [3.63, 3.8) is 0 Å². The Morgan fingerprint density at radius 3 is 2.77 bits per heavy atom. The third-order valence-electron chi connectivity index (χ3n) is 4.94. The number of nitrogens with zero attached hydrogens (tertiary/aromatic N) is 1. The molecule has 0 radical (unpaired) electrons. The zero-order valence-electron chi connectivity index (χ0n) is 14.0. The molecule has 0 aromatic carbocycles. The van der Waals surface area contributed by atoms with Gasteiger partial charge in [-0.1, -0.05) is 12.8 Å². The minimum Gasteiger partial charge on any atom is -0.444 e. The van der Waals surface area contributed by atoms with Crippen molar-refractivity contribution in [2.75, 3.05) is 13.1 Å². The topological polar surface area (TPSA) is 58.6 Å². The average molecular weight is 308 g/mol. The predicted octanol–water partition coefficient (Wildman–Crippen LogP) is 2.69. The molecule has 0 bridgehead atoms. The van der Waals surface area contributed by atoms with Gasteiger partial charge in [0.15, 0.2) is 0 Å². The Balaban J connectivity index is 1.62. The van der Waals surface area contributed by atoms with Crippen molar-refractivity contribution in [3.05, 3.63) is 0 Å². The molecular weight excluding hydrogens is 280 g/mol. The summed E-state index contributed by atoms with van der Waals surface area (Å²) < 4.78 is 5.48. The van der Waals surface area contributed by atoms with Crippen molar-refractivity contribution >= 4 is 12.0 Å². The van der Waals surface area contributed by atoms with Gasteiger partial charge in [-0.2, -0.15) is 0 Å². The van der Waals surface area contributed by atoms with Crippen LogP contribution >= 0.6 is 0 Å². The normalized spacial score (nSPS) is 32.2. The van der Waals surface area contributed by atoms with Gasteiger partial charge in [0.1, 0.15) is 5.60 Å². The Morgan fingerprint density at radius 2 is 2.14 bits per heavy atom. The highest BCUT2D eigenvalue weighted by atomic mass is 16.6. The number of carbonyl (C=O) groups excluding carboxylic acids is 2. The average Bonchev–Trinajstić information content (AvgIpc) is 3.15. The van der Waals surface area contributed by atoms with E-state index in [0.717, 1.165) is 38.1 Å². The maximum Gasteiger partial charge on any atom is 0.410 e. The summed E-state index contributed by atoms with van der Waals surface area (Å²) in [6.07, 6.45) is 6.10. The van der Waals surface area contributed by atoms with Crippen molar-refractivity contribution in [2.24, 2.45) is 11.8 Å². The van der Waals surface area contributed by atoms with Crippen LogP contribution in [0.2, 0.25) is 0 Å². The van der Waals surface area contributed by atoms with Gasteiger partial charge in [0.25, 0.3) is 0 Å². The molecule has 0 aromatic heterocycles. The Bertz CT molecular complexity index is 467. The molecule has 3 aliphatic rings. The van der Waals surface area contributed by atoms with E-state index in [-0.39, 0.29) is 23.5 Å². The van der Waals surface area contributed by atoms with E-state index >= 15 is 0 Å². The molecular formula is C17H28N2O3. The number of carbonyl (C=O) groups is 2. The van der Waals surface area contributed by atoms with Crippen LogP contribution < -0.4 is 5.32 Å². The molecule has 2 aliphatic heterocycles. The van der Waals surface area contributed by atoms with E-state index in [9.17, 15) is 9.59 Å². The van der Waals surface area contributed by atoms with Crippen LogP contribution in [0.4, 0.5) is 4.79 Å². The molecule has 5 heteroatoms. The number of amides is 2. The lowest BCUT2D eigenvalue weighted by atomic mass is 9.84. The minimum absolute atomic E-state index is 0.145. The molecule has 2 atom stereocenters. The molecule has 2 unspecified atom stereocenters. The fourth-order valence-corrected chi connectivity index (χ4v) is 3.81. The highest BCUT2D eigenvalue weighted by Gasteiger charge is 2.48. The molecule has 2 amide bonds. The van der Waals surface area contributed by atoms with Crippen LogP contribution in [0, 0.1) is 11.8 Å². The summed E-state index contributed by atoms with van der Waals surface area (Å²) in [6, 6.07) is 0. The maximum atomic E-state index is 12.3. The van der Waals surface area contributed by atoms with E-state index in [4.69, 9.17) is 4.74 Å². The fourth-order valence-electron chi connectivity index (χ4n) is 3.81. The number of likely N-dealkylation sites (tertiary alicyclic amines) is 1. The highest BCUT2D eigenvalue weighted by Crippen LogP contribution is 2.42. The molecule has 1 aliphatic carbocycles. The summed E-state index contributed by atoms with van der Waals surface area (Å²) in [7, 11) is 0. The van der Waals surface area contributed by atoms with Gasteiger partial charge in [-0.15, -0.1) is 0 Å². The number of ether oxygens (including phenoxy) is 1. The molecule has 22 heavy (non-hydrogen) atoms. The third kappa shape index (κ3) is 3.55. The molecule has 3 rings (SSSR count). The van der Waals surface area contributed by atoms with Gasteiger partial charge in [-0.05, 0) is 52.4 Å². The Kier molecular flexibility index (Phi) is 3.86. The Hall–Kier alpha value is -1.26. The van der Waals surface area contributed by atoms with Gasteiger partial charge in [0.05, 0.1) is 5.54 Å². The smallest absolute Gasteiger partial charge is 0.410 e. The van der Waals surface area contributed by atoms with Crippen molar-refractivity contribution in [3.8, 4) is 0 Å². The van der Waals surface area contributed by atoms with E-state index in [0.29, 0.717) is 6.54 Å². The van der Waals surface area contributed by atoms with E-state index < -0.39 is 5.60 Å². The lowest BCUT2D eigenvalue weighted by molar-refractivity contribution is -0.123. The van der Waals surface area contributed by atoms with E-state index in [1.165, 1.54) is 12.8 Å². The molecule has 1 spiro atoms. The predicted molar refractivity (Wildman–Crippen MR) is 83.4 cm³/mol. The first-order valence-corrected chi connectivity index (χ1v) is 8.56. The lowest BCUT2D eigenvalue weighted by Gasteiger charge is -2.40. The minimum atomic E-state index is -0.477. The van der Waals surface area contributed by atoms with Crippen molar-refractivity contribution in [2.45, 2.75) is 70.4 Å². The largest absolute Gasteiger partial charge is 0.444 e. The van der Waals surface area contributed by atoms with Crippen molar-refractivity contribution < 1.29 is 14.3 Å². The van der Waals surface area contributed by atoms with Gasteiger partial charge in [0.2, 0.25) is 5.91 Å². The first kappa shape index (κ1) is 15.6. The van der Waals surface area contributed by atoms with Gasteiger partial charge in [-0.3, -0.25) is 4.79 Å². The number of rotatable bonds is 2. The molecule has 1 N–H and O–H groups in total. The van der Waals surface area contributed by atoms with Crippen LogP contribution in [0.5, 0.6) is 0 Å². The third-order valence-corrected chi connectivity index (χ3v) is 4.94. The van der Waals surface area contributed by atoms with Gasteiger partial charge >= 0.3 is 6.09 Å². The second-order valence-electron chi connectivity index (χ2n) is 8.36. The molecule has 2 heterocycles. The zero-order chi connectivity index (χ0) is 16.0. The monoisotopic (exact) mass is 308 g/mol. The van der Waals surface area contributed by atoms with Crippen LogP contribution in [0.3, 0.4) is 0 Å². The Morgan fingerprint density at radius 1 is 1.41 bits per heavy atom. The second-order valence-corrected chi connectivity index (χ2v) is 8.36. The molecule has 124 valence electrons. The maximum absolute atomic E-state index is 12.3. The van der Waals surface area contributed by atoms with Crippen LogP contribution in [-0.2, 0) is 9.53 Å². The van der Waals surface area contributed by atoms with Gasteiger partial charge in [-0.25, -0.2) is 4.79 Å². The lowest BCUT2D eigenvalue weighted by Crippen LogP contribution is -2.56. The van der Waals surface area contributed by atoms with Gasteiger partial charge < -0.3 is 15.0 Å². The van der Waals surface area contributed by atoms with Crippen LogP contribution in [0.15, 0.2) is 0 Å². The summed E-state index contributed by atoms with van der Waals surface area (Å²) in [5.74, 6) is 1.10. The quantitative estimate of drug-likeness (QED) is 0.853. The molecule has 1 saturated carbocycles. The fraction of sp³-hybridized carbons (Fsp3) is 0.882. The summed E-state index contributed by atoms with van der Waals surface area (Å²) in [4.78, 5) is 26.3. The number of hydrogen-bond donors (Lipinski definition) is 1. The zero-order valence-corrected chi connectivity index (χ0v) is 14.0. The number of nitrogens with one attached hydrogen (secondary N) is 1. The second kappa shape index (κ2) is 5.43. The molecule has 2 saturated heterocycles. The Labute approximate surface area is 132 Å². The first-order chi connectivity index (χ1) is 10.3. The summed E-state index contributed by atoms with van der Waals surface area (Å²) >= 11 is 0. The highest BCUT2D eigenvalue weighted by molar-refractivity contribution is 5.82. The molecule has 0 aromatic rings. The van der Waals surface area contributed by atoms with E-state index in [2.05, 4.69) is 5.32 Å². The van der Waals surface area contributed by atoms with E-state index in [1.54, 1.807) is 4.90 Å². The molecule has 5 nitrogen and oxygen atoms in total. The standard InChI is InChI=1S/C17H28N2O3/c1-16(2,3)22-15(21)19-8-4-7-17(11-19)10-13(14(20)18-17)9-12-5-6-12/h12-13H,4-11H2,1-3H3,(H,18,20). The SMILES string of the molecule is CC(C)(C)OC(=O)N1CCCC2(CC(CC3CC3)C(=O)N2)C1. The van der Waals surface area contributed by atoms with E-state index in [1.807, 2.05) is 20.8 Å². The van der Waals surface area contributed by atoms with Crippen molar-refractivity contribution in [1.29, 1.82) is 0 Å². The van der Waals surface area contributed by atoms with Crippen LogP contribution in [0.25, 0.3) is 0 Å². The number of hydrogen-bond acceptors (Lipinski definition) is 3.